The third kappa shape index (κ3) is 3.86. The van der Waals surface area contributed by atoms with Crippen LogP contribution in [-0.4, -0.2) is 40.6 Å². The van der Waals surface area contributed by atoms with Crippen LogP contribution in [0.4, 0.5) is 4.79 Å². The lowest BCUT2D eigenvalue weighted by atomic mass is 9.75. The standard InChI is InChI=1S/C19H32N2O3/c1-18(2,3)24-17(23)21-14-9-12(14)10-15(21)16(22)20-13-7-6-8-19(4,5)11-13/h12-15H,6-11H2,1-5H3,(H,20,22)/t12-,13?,14-,15+/m1/s1. The molecule has 2 aliphatic carbocycles. The Morgan fingerprint density at radius 3 is 2.54 bits per heavy atom. The summed E-state index contributed by atoms with van der Waals surface area (Å²) in [6, 6.07) is 0.0886. The second kappa shape index (κ2) is 5.92. The summed E-state index contributed by atoms with van der Waals surface area (Å²) in [4.78, 5) is 27.1. The molecule has 3 rings (SSSR count). The Hall–Kier alpha value is -1.26. The van der Waals surface area contributed by atoms with Crippen molar-refractivity contribution in [2.24, 2.45) is 11.3 Å². The number of piperidine rings is 1. The molecule has 3 fully saturated rings. The molecule has 3 aliphatic rings. The fourth-order valence-electron chi connectivity index (χ4n) is 4.39. The van der Waals surface area contributed by atoms with Crippen LogP contribution in [0, 0.1) is 11.3 Å². The molecule has 1 heterocycles. The minimum absolute atomic E-state index is 0.00996. The molecule has 1 saturated heterocycles. The summed E-state index contributed by atoms with van der Waals surface area (Å²) < 4.78 is 5.53. The number of nitrogens with zero attached hydrogens (tertiary/aromatic N) is 1. The van der Waals surface area contributed by atoms with Gasteiger partial charge < -0.3 is 10.1 Å². The van der Waals surface area contributed by atoms with Gasteiger partial charge in [0.2, 0.25) is 5.91 Å². The van der Waals surface area contributed by atoms with Crippen molar-refractivity contribution >= 4 is 12.0 Å². The zero-order valence-corrected chi connectivity index (χ0v) is 15.7. The highest BCUT2D eigenvalue weighted by Gasteiger charge is 2.57. The van der Waals surface area contributed by atoms with Crippen molar-refractivity contribution < 1.29 is 14.3 Å². The van der Waals surface area contributed by atoms with Crippen LogP contribution in [0.25, 0.3) is 0 Å². The van der Waals surface area contributed by atoms with Gasteiger partial charge in [-0.25, -0.2) is 4.79 Å². The molecule has 2 amide bonds. The Labute approximate surface area is 145 Å². The van der Waals surface area contributed by atoms with Gasteiger partial charge in [0.15, 0.2) is 0 Å². The molecule has 0 aromatic heterocycles. The number of rotatable bonds is 2. The zero-order chi connectivity index (χ0) is 17.7. The first-order valence-electron chi connectivity index (χ1n) is 9.37. The number of hydrogen-bond donors (Lipinski definition) is 1. The second-order valence-corrected chi connectivity index (χ2v) is 9.67. The van der Waals surface area contributed by atoms with E-state index in [2.05, 4.69) is 19.2 Å². The topological polar surface area (TPSA) is 58.6 Å². The molecular formula is C19H32N2O3. The summed E-state index contributed by atoms with van der Waals surface area (Å²) in [5, 5.41) is 3.22. The van der Waals surface area contributed by atoms with Crippen LogP contribution in [-0.2, 0) is 9.53 Å². The number of fused-ring (bicyclic) bond motifs is 1. The summed E-state index contributed by atoms with van der Waals surface area (Å²) in [7, 11) is 0. The van der Waals surface area contributed by atoms with Crippen LogP contribution in [0.15, 0.2) is 0 Å². The minimum atomic E-state index is -0.529. The molecule has 2 saturated carbocycles. The van der Waals surface area contributed by atoms with Gasteiger partial charge >= 0.3 is 6.09 Å². The maximum absolute atomic E-state index is 12.8. The summed E-state index contributed by atoms with van der Waals surface area (Å²) >= 11 is 0. The van der Waals surface area contributed by atoms with Crippen LogP contribution >= 0.6 is 0 Å². The average molecular weight is 336 g/mol. The van der Waals surface area contributed by atoms with Gasteiger partial charge in [0.05, 0.1) is 0 Å². The summed E-state index contributed by atoms with van der Waals surface area (Å²) in [5.74, 6) is 0.492. The van der Waals surface area contributed by atoms with E-state index in [0.717, 1.165) is 32.1 Å². The lowest BCUT2D eigenvalue weighted by Gasteiger charge is -2.37. The molecule has 0 aromatic rings. The third-order valence-electron chi connectivity index (χ3n) is 5.56. The molecular weight excluding hydrogens is 304 g/mol. The quantitative estimate of drug-likeness (QED) is 0.840. The predicted molar refractivity (Wildman–Crippen MR) is 92.6 cm³/mol. The van der Waals surface area contributed by atoms with E-state index >= 15 is 0 Å². The highest BCUT2D eigenvalue weighted by molar-refractivity contribution is 5.87. The molecule has 1 aliphatic heterocycles. The summed E-state index contributed by atoms with van der Waals surface area (Å²) in [6.07, 6.45) is 5.90. The molecule has 1 unspecified atom stereocenters. The fourth-order valence-corrected chi connectivity index (χ4v) is 4.39. The van der Waals surface area contributed by atoms with Crippen LogP contribution in [0.1, 0.15) is 73.1 Å². The van der Waals surface area contributed by atoms with Crippen molar-refractivity contribution in [3.8, 4) is 0 Å². The van der Waals surface area contributed by atoms with E-state index in [1.165, 1.54) is 6.42 Å². The Morgan fingerprint density at radius 1 is 1.21 bits per heavy atom. The lowest BCUT2D eigenvalue weighted by molar-refractivity contribution is -0.127. The number of likely N-dealkylation sites (tertiary alicyclic amines) is 1. The highest BCUT2D eigenvalue weighted by Crippen LogP contribution is 2.48. The van der Waals surface area contributed by atoms with Crippen molar-refractivity contribution in [2.75, 3.05) is 0 Å². The molecule has 1 N–H and O–H groups in total. The van der Waals surface area contributed by atoms with E-state index in [4.69, 9.17) is 4.74 Å². The number of carbonyl (C=O) groups excluding carboxylic acids is 2. The zero-order valence-electron chi connectivity index (χ0n) is 15.7. The van der Waals surface area contributed by atoms with Crippen molar-refractivity contribution in [1.82, 2.24) is 10.2 Å². The van der Waals surface area contributed by atoms with Gasteiger partial charge in [-0.15, -0.1) is 0 Å². The number of amides is 2. The highest BCUT2D eigenvalue weighted by atomic mass is 16.6. The van der Waals surface area contributed by atoms with E-state index in [-0.39, 0.29) is 30.1 Å². The van der Waals surface area contributed by atoms with Crippen LogP contribution < -0.4 is 5.32 Å². The van der Waals surface area contributed by atoms with Crippen LogP contribution in [0.5, 0.6) is 0 Å². The monoisotopic (exact) mass is 336 g/mol. The third-order valence-corrected chi connectivity index (χ3v) is 5.56. The molecule has 0 radical (unpaired) electrons. The van der Waals surface area contributed by atoms with Crippen molar-refractivity contribution in [3.05, 3.63) is 0 Å². The molecule has 4 atom stereocenters. The van der Waals surface area contributed by atoms with Crippen molar-refractivity contribution in [3.63, 3.8) is 0 Å². The van der Waals surface area contributed by atoms with E-state index in [0.29, 0.717) is 11.3 Å². The Balaban J connectivity index is 1.62. The Kier molecular flexibility index (Phi) is 4.33. The Morgan fingerprint density at radius 2 is 1.92 bits per heavy atom. The molecule has 0 aromatic carbocycles. The summed E-state index contributed by atoms with van der Waals surface area (Å²) in [6.45, 7) is 10.1. The molecule has 0 spiro atoms. The summed E-state index contributed by atoms with van der Waals surface area (Å²) in [5.41, 5.74) is -0.239. The van der Waals surface area contributed by atoms with Gasteiger partial charge in [0.25, 0.3) is 0 Å². The molecule has 0 bridgehead atoms. The van der Waals surface area contributed by atoms with Gasteiger partial charge in [-0.05, 0) is 64.2 Å². The van der Waals surface area contributed by atoms with Gasteiger partial charge in [-0.2, -0.15) is 0 Å². The predicted octanol–water partition coefficient (Wildman–Crippen LogP) is 3.47. The smallest absolute Gasteiger partial charge is 0.411 e. The number of carbonyl (C=O) groups is 2. The fraction of sp³-hybridized carbons (Fsp3) is 0.895. The maximum atomic E-state index is 12.8. The first-order chi connectivity index (χ1) is 11.1. The number of nitrogens with one attached hydrogen (secondary N) is 1. The first kappa shape index (κ1) is 17.6. The van der Waals surface area contributed by atoms with E-state index in [1.54, 1.807) is 4.90 Å². The van der Waals surface area contributed by atoms with Gasteiger partial charge in [0.1, 0.15) is 11.6 Å². The van der Waals surface area contributed by atoms with Crippen LogP contribution in [0.2, 0.25) is 0 Å². The SMILES string of the molecule is CC1(C)CCCC(NC(=O)[C@@H]2C[C@H]3C[C@H]3N2C(=O)OC(C)(C)C)C1. The minimum Gasteiger partial charge on any atom is -0.444 e. The second-order valence-electron chi connectivity index (χ2n) is 9.67. The van der Waals surface area contributed by atoms with E-state index in [9.17, 15) is 9.59 Å². The van der Waals surface area contributed by atoms with Crippen LogP contribution in [0.3, 0.4) is 0 Å². The normalized spacial score (nSPS) is 34.5. The van der Waals surface area contributed by atoms with Gasteiger partial charge in [0, 0.05) is 12.1 Å². The number of ether oxygens (including phenoxy) is 1. The maximum Gasteiger partial charge on any atom is 0.411 e. The average Bonchev–Trinajstić information content (AvgIpc) is 3.05. The van der Waals surface area contributed by atoms with E-state index in [1.807, 2.05) is 20.8 Å². The van der Waals surface area contributed by atoms with Gasteiger partial charge in [-0.1, -0.05) is 20.3 Å². The Bertz CT molecular complexity index is 523. The molecule has 5 heteroatoms. The molecule has 136 valence electrons. The lowest BCUT2D eigenvalue weighted by Crippen LogP contribution is -2.52. The molecule has 24 heavy (non-hydrogen) atoms. The van der Waals surface area contributed by atoms with Crippen molar-refractivity contribution in [1.29, 1.82) is 0 Å². The first-order valence-corrected chi connectivity index (χ1v) is 9.37. The largest absolute Gasteiger partial charge is 0.444 e. The van der Waals surface area contributed by atoms with Crippen molar-refractivity contribution in [2.45, 2.75) is 96.9 Å². The molecule has 5 nitrogen and oxygen atoms in total. The van der Waals surface area contributed by atoms with Gasteiger partial charge in [-0.3, -0.25) is 9.69 Å². The van der Waals surface area contributed by atoms with E-state index < -0.39 is 5.60 Å². The number of hydrogen-bond acceptors (Lipinski definition) is 3.